The minimum atomic E-state index is -3.75. The molecule has 2 atom stereocenters. The Kier molecular flexibility index (Phi) is 4.25. The third kappa shape index (κ3) is 3.24. The molecule has 24 heavy (non-hydrogen) atoms. The number of nitrogens with one attached hydrogen (secondary N) is 2. The maximum Gasteiger partial charge on any atom is 0.265 e. The Morgan fingerprint density at radius 1 is 1.25 bits per heavy atom. The second-order valence-corrected chi connectivity index (χ2v) is 7.24. The van der Waals surface area contributed by atoms with Gasteiger partial charge in [-0.15, -0.1) is 0 Å². The number of pyridine rings is 1. The number of benzene rings is 1. The van der Waals surface area contributed by atoms with Crippen LogP contribution in [0.4, 0.5) is 5.69 Å². The summed E-state index contributed by atoms with van der Waals surface area (Å²) in [5.74, 6) is 0.137. The molecule has 0 fully saturated rings. The second-order valence-electron chi connectivity index (χ2n) is 5.53. The quantitative estimate of drug-likeness (QED) is 0.879. The van der Waals surface area contributed by atoms with Gasteiger partial charge in [0.15, 0.2) is 6.10 Å². The summed E-state index contributed by atoms with van der Waals surface area (Å²) in [5.41, 5.74) is 1.15. The first kappa shape index (κ1) is 16.4. The van der Waals surface area contributed by atoms with E-state index >= 15 is 0 Å². The van der Waals surface area contributed by atoms with Gasteiger partial charge in [0.05, 0.1) is 10.6 Å². The van der Waals surface area contributed by atoms with E-state index in [9.17, 15) is 13.2 Å². The van der Waals surface area contributed by atoms with Crippen molar-refractivity contribution >= 4 is 21.6 Å². The zero-order valence-corrected chi connectivity index (χ0v) is 14.0. The van der Waals surface area contributed by atoms with Crippen LogP contribution in [0.3, 0.4) is 0 Å². The topological polar surface area (TPSA) is 97.4 Å². The number of carbonyl (C=O) groups is 1. The summed E-state index contributed by atoms with van der Waals surface area (Å²) in [4.78, 5) is 15.6. The largest absolute Gasteiger partial charge is 0.479 e. The highest BCUT2D eigenvalue weighted by atomic mass is 32.2. The monoisotopic (exact) mass is 347 g/mol. The summed E-state index contributed by atoms with van der Waals surface area (Å²) in [6.45, 7) is 3.37. The lowest BCUT2D eigenvalue weighted by Crippen LogP contribution is -2.34. The number of carbonyl (C=O) groups excluding carboxylic acids is 1. The molecule has 126 valence electrons. The van der Waals surface area contributed by atoms with Crippen molar-refractivity contribution < 1.29 is 17.9 Å². The molecule has 3 rings (SSSR count). The highest BCUT2D eigenvalue weighted by molar-refractivity contribution is 7.89. The number of amides is 1. The lowest BCUT2D eigenvalue weighted by atomic mass is 10.1. The molecular weight excluding hydrogens is 330 g/mol. The van der Waals surface area contributed by atoms with Gasteiger partial charge in [0.1, 0.15) is 5.75 Å². The van der Waals surface area contributed by atoms with E-state index in [1.807, 2.05) is 0 Å². The molecule has 0 spiro atoms. The molecule has 0 radical (unpaired) electrons. The van der Waals surface area contributed by atoms with Crippen LogP contribution in [0.25, 0.3) is 0 Å². The first-order valence-corrected chi connectivity index (χ1v) is 8.89. The molecule has 0 saturated heterocycles. The van der Waals surface area contributed by atoms with Crippen molar-refractivity contribution in [3.05, 3.63) is 48.3 Å². The molecule has 1 aromatic carbocycles. The number of hydrogen-bond acceptors (Lipinski definition) is 5. The molecule has 0 unspecified atom stereocenters. The maximum atomic E-state index is 12.6. The van der Waals surface area contributed by atoms with Gasteiger partial charge in [0.25, 0.3) is 5.91 Å². The van der Waals surface area contributed by atoms with Crippen LogP contribution < -0.4 is 14.8 Å². The number of fused-ring (bicyclic) bond motifs is 1. The fourth-order valence-electron chi connectivity index (χ4n) is 2.38. The highest BCUT2D eigenvalue weighted by Gasteiger charge is 2.26. The van der Waals surface area contributed by atoms with E-state index in [0.29, 0.717) is 11.4 Å². The highest BCUT2D eigenvalue weighted by Crippen LogP contribution is 2.32. The predicted molar refractivity (Wildman–Crippen MR) is 88.1 cm³/mol. The summed E-state index contributed by atoms with van der Waals surface area (Å²) in [7, 11) is -3.75. The Bertz CT molecular complexity index is 868. The number of ether oxygens (including phenoxy) is 1. The normalized spacial score (nSPS) is 18.2. The minimum absolute atomic E-state index is 0.0561. The van der Waals surface area contributed by atoms with Gasteiger partial charge < -0.3 is 10.1 Å². The van der Waals surface area contributed by atoms with Gasteiger partial charge in [-0.3, -0.25) is 9.78 Å². The number of aromatic nitrogens is 1. The fraction of sp³-hybridized carbons (Fsp3) is 0.250. The summed E-state index contributed by atoms with van der Waals surface area (Å²) in [6.07, 6.45) is 2.60. The molecular formula is C16H17N3O4S. The molecule has 7 nitrogen and oxygen atoms in total. The lowest BCUT2D eigenvalue weighted by molar-refractivity contribution is -0.122. The van der Waals surface area contributed by atoms with Crippen LogP contribution >= 0.6 is 0 Å². The molecule has 0 saturated carbocycles. The number of hydrogen-bond donors (Lipinski definition) is 2. The third-order valence-corrected chi connectivity index (χ3v) is 5.27. The van der Waals surface area contributed by atoms with Crippen molar-refractivity contribution in [1.82, 2.24) is 9.71 Å². The van der Waals surface area contributed by atoms with Gasteiger partial charge in [-0.25, -0.2) is 13.1 Å². The van der Waals surface area contributed by atoms with Gasteiger partial charge in [0.2, 0.25) is 10.0 Å². The summed E-state index contributed by atoms with van der Waals surface area (Å²) in [6, 6.07) is 7.45. The van der Waals surface area contributed by atoms with Gasteiger partial charge in [-0.1, -0.05) is 0 Å². The number of rotatable bonds is 4. The molecule has 2 aromatic rings. The van der Waals surface area contributed by atoms with Crippen molar-refractivity contribution in [3.63, 3.8) is 0 Å². The molecule has 8 heteroatoms. The summed E-state index contributed by atoms with van der Waals surface area (Å²) >= 11 is 0. The Morgan fingerprint density at radius 3 is 2.67 bits per heavy atom. The summed E-state index contributed by atoms with van der Waals surface area (Å²) < 4.78 is 33.2. The Balaban J connectivity index is 1.85. The van der Waals surface area contributed by atoms with E-state index in [1.165, 1.54) is 18.2 Å². The Hall–Kier alpha value is -2.45. The SMILES string of the molecule is C[C@@H]1Oc2ccc(S(=O)(=O)N[C@H](C)c3ccncc3)cc2NC1=O. The average Bonchev–Trinajstić information content (AvgIpc) is 2.56. The number of sulfonamides is 1. The lowest BCUT2D eigenvalue weighted by Gasteiger charge is -2.24. The van der Waals surface area contributed by atoms with Gasteiger partial charge in [0, 0.05) is 18.4 Å². The number of anilines is 1. The predicted octanol–water partition coefficient (Wildman–Crippen LogP) is 1.84. The molecule has 1 aliphatic heterocycles. The van der Waals surface area contributed by atoms with E-state index < -0.39 is 22.2 Å². The van der Waals surface area contributed by atoms with Crippen molar-refractivity contribution in [2.75, 3.05) is 5.32 Å². The van der Waals surface area contributed by atoms with E-state index in [0.717, 1.165) is 5.56 Å². The van der Waals surface area contributed by atoms with Gasteiger partial charge in [-0.2, -0.15) is 0 Å². The first-order chi connectivity index (χ1) is 11.4. The Morgan fingerprint density at radius 2 is 1.96 bits per heavy atom. The zero-order valence-electron chi connectivity index (χ0n) is 13.2. The maximum absolute atomic E-state index is 12.6. The molecule has 0 bridgehead atoms. The van der Waals surface area contributed by atoms with Crippen molar-refractivity contribution in [2.45, 2.75) is 30.9 Å². The smallest absolute Gasteiger partial charge is 0.265 e. The van der Waals surface area contributed by atoms with Gasteiger partial charge in [-0.05, 0) is 49.7 Å². The van der Waals surface area contributed by atoms with Crippen LogP contribution in [0, 0.1) is 0 Å². The molecule has 0 aliphatic carbocycles. The average molecular weight is 347 g/mol. The van der Waals surface area contributed by atoms with E-state index in [2.05, 4.69) is 15.0 Å². The molecule has 2 heterocycles. The molecule has 1 amide bonds. The van der Waals surface area contributed by atoms with Crippen LogP contribution in [0.5, 0.6) is 5.75 Å². The number of nitrogens with zero attached hydrogens (tertiary/aromatic N) is 1. The van der Waals surface area contributed by atoms with Crippen LogP contribution in [-0.2, 0) is 14.8 Å². The van der Waals surface area contributed by atoms with Gasteiger partial charge >= 0.3 is 0 Å². The van der Waals surface area contributed by atoms with E-state index in [-0.39, 0.29) is 10.8 Å². The summed E-state index contributed by atoms with van der Waals surface area (Å²) in [5, 5.41) is 2.64. The van der Waals surface area contributed by atoms with E-state index in [1.54, 1.807) is 38.4 Å². The second kappa shape index (κ2) is 6.21. The fourth-order valence-corrected chi connectivity index (χ4v) is 3.63. The standard InChI is InChI=1S/C16H17N3O4S/c1-10(12-5-7-17-8-6-12)19-24(21,22)13-3-4-15-14(9-13)18-16(20)11(2)23-15/h3-11,19H,1-2H3,(H,18,20)/t10-,11+/m1/s1. The van der Waals surface area contributed by atoms with E-state index in [4.69, 9.17) is 4.74 Å². The molecule has 1 aliphatic rings. The van der Waals surface area contributed by atoms with Crippen LogP contribution in [0.15, 0.2) is 47.6 Å². The third-order valence-electron chi connectivity index (χ3n) is 3.73. The first-order valence-electron chi connectivity index (χ1n) is 7.40. The van der Waals surface area contributed by atoms with Crippen LogP contribution in [0.2, 0.25) is 0 Å². The van der Waals surface area contributed by atoms with Crippen LogP contribution in [0.1, 0.15) is 25.5 Å². The van der Waals surface area contributed by atoms with Crippen molar-refractivity contribution in [2.24, 2.45) is 0 Å². The molecule has 2 N–H and O–H groups in total. The van der Waals surface area contributed by atoms with Crippen molar-refractivity contribution in [1.29, 1.82) is 0 Å². The molecule has 1 aromatic heterocycles. The van der Waals surface area contributed by atoms with Crippen LogP contribution in [-0.4, -0.2) is 25.4 Å². The Labute approximate surface area is 140 Å². The van der Waals surface area contributed by atoms with Crippen molar-refractivity contribution in [3.8, 4) is 5.75 Å². The zero-order chi connectivity index (χ0) is 17.3. The minimum Gasteiger partial charge on any atom is -0.479 e.